The maximum Gasteiger partial charge on any atom is 0.313 e. The summed E-state index contributed by atoms with van der Waals surface area (Å²) in [7, 11) is 0. The van der Waals surface area contributed by atoms with Gasteiger partial charge in [-0.05, 0) is 12.1 Å². The van der Waals surface area contributed by atoms with Gasteiger partial charge in [0.25, 0.3) is 0 Å². The van der Waals surface area contributed by atoms with Gasteiger partial charge in [-0.3, -0.25) is 9.59 Å². The van der Waals surface area contributed by atoms with Crippen molar-refractivity contribution in [3.63, 3.8) is 0 Å². The third-order valence-corrected chi connectivity index (χ3v) is 1.89. The molecule has 0 aromatic heterocycles. The van der Waals surface area contributed by atoms with Crippen LogP contribution in [0, 0.1) is 17.5 Å². The van der Waals surface area contributed by atoms with Gasteiger partial charge >= 0.3 is 11.8 Å². The van der Waals surface area contributed by atoms with Crippen LogP contribution < -0.4 is 10.6 Å². The summed E-state index contributed by atoms with van der Waals surface area (Å²) in [6.07, 6.45) is 0. The predicted octanol–water partition coefficient (Wildman–Crippen LogP) is 0.151. The van der Waals surface area contributed by atoms with E-state index >= 15 is 0 Å². The van der Waals surface area contributed by atoms with Gasteiger partial charge in [-0.15, -0.1) is 0 Å². The normalized spacial score (nSPS) is 10.0. The van der Waals surface area contributed by atoms with Crippen LogP contribution >= 0.6 is 0 Å². The number of carbonyl (C=O) groups excluding carboxylic acids is 2. The molecule has 0 aliphatic rings. The topological polar surface area (TPSA) is 78.4 Å². The van der Waals surface area contributed by atoms with Crippen molar-refractivity contribution in [1.82, 2.24) is 5.32 Å². The van der Waals surface area contributed by atoms with E-state index in [0.717, 1.165) is 6.07 Å². The van der Waals surface area contributed by atoms with Crippen LogP contribution in [0.4, 0.5) is 18.9 Å². The molecule has 0 atom stereocenters. The van der Waals surface area contributed by atoms with E-state index in [4.69, 9.17) is 5.11 Å². The predicted molar refractivity (Wildman–Crippen MR) is 55.0 cm³/mol. The summed E-state index contributed by atoms with van der Waals surface area (Å²) in [5.41, 5.74) is -0.655. The van der Waals surface area contributed by atoms with Crippen LogP contribution in [0.2, 0.25) is 0 Å². The van der Waals surface area contributed by atoms with Crippen LogP contribution in [0.15, 0.2) is 12.1 Å². The maximum atomic E-state index is 13.1. The number of aliphatic hydroxyl groups is 1. The number of nitrogens with one attached hydrogen (secondary N) is 2. The molecule has 0 saturated carbocycles. The van der Waals surface area contributed by atoms with E-state index in [1.165, 1.54) is 0 Å². The number of amides is 2. The van der Waals surface area contributed by atoms with E-state index in [0.29, 0.717) is 6.07 Å². The molecule has 0 spiro atoms. The van der Waals surface area contributed by atoms with Gasteiger partial charge < -0.3 is 15.7 Å². The van der Waals surface area contributed by atoms with Crippen molar-refractivity contribution in [2.45, 2.75) is 0 Å². The van der Waals surface area contributed by atoms with E-state index < -0.39 is 35.0 Å². The summed E-state index contributed by atoms with van der Waals surface area (Å²) < 4.78 is 38.5. The Bertz CT molecular complexity index is 480. The zero-order valence-corrected chi connectivity index (χ0v) is 8.97. The van der Waals surface area contributed by atoms with Gasteiger partial charge in [0.2, 0.25) is 0 Å². The first-order valence-corrected chi connectivity index (χ1v) is 4.81. The van der Waals surface area contributed by atoms with Crippen LogP contribution in [-0.2, 0) is 9.59 Å². The van der Waals surface area contributed by atoms with Gasteiger partial charge in [-0.2, -0.15) is 0 Å². The first kappa shape index (κ1) is 14.0. The highest BCUT2D eigenvalue weighted by Gasteiger charge is 2.18. The molecule has 3 N–H and O–H groups in total. The number of halogens is 3. The molecular formula is C10H9F3N2O3. The highest BCUT2D eigenvalue weighted by molar-refractivity contribution is 6.39. The Balaban J connectivity index is 2.76. The fraction of sp³-hybridized carbons (Fsp3) is 0.200. The van der Waals surface area contributed by atoms with Crippen molar-refractivity contribution >= 4 is 17.5 Å². The average Bonchev–Trinajstić information content (AvgIpc) is 2.36. The zero-order chi connectivity index (χ0) is 13.7. The van der Waals surface area contributed by atoms with Gasteiger partial charge in [0.15, 0.2) is 17.5 Å². The third-order valence-electron chi connectivity index (χ3n) is 1.89. The lowest BCUT2D eigenvalue weighted by molar-refractivity contribution is -0.136. The Kier molecular flexibility index (Phi) is 4.67. The van der Waals surface area contributed by atoms with Crippen molar-refractivity contribution in [2.75, 3.05) is 18.5 Å². The fourth-order valence-corrected chi connectivity index (χ4v) is 1.05. The van der Waals surface area contributed by atoms with Crippen molar-refractivity contribution in [3.8, 4) is 0 Å². The van der Waals surface area contributed by atoms with E-state index in [9.17, 15) is 22.8 Å². The number of benzene rings is 1. The third kappa shape index (κ3) is 3.20. The number of rotatable bonds is 3. The van der Waals surface area contributed by atoms with Gasteiger partial charge in [0, 0.05) is 6.54 Å². The standard InChI is InChI=1S/C10H9F3N2O3/c11-5-1-2-6(8(13)7(5)12)15-10(18)9(17)14-3-4-16/h1-2,16H,3-4H2,(H,14,17)(H,15,18). The number of carbonyl (C=O) groups is 2. The Morgan fingerprint density at radius 1 is 1.11 bits per heavy atom. The van der Waals surface area contributed by atoms with E-state index in [1.807, 2.05) is 5.32 Å². The average molecular weight is 262 g/mol. The minimum absolute atomic E-state index is 0.160. The summed E-state index contributed by atoms with van der Waals surface area (Å²) in [5.74, 6) is -7.14. The molecular weight excluding hydrogens is 253 g/mol. The van der Waals surface area contributed by atoms with Crippen LogP contribution in [0.5, 0.6) is 0 Å². The zero-order valence-electron chi connectivity index (χ0n) is 8.97. The van der Waals surface area contributed by atoms with E-state index in [-0.39, 0.29) is 13.2 Å². The van der Waals surface area contributed by atoms with Gasteiger partial charge in [-0.25, -0.2) is 13.2 Å². The largest absolute Gasteiger partial charge is 0.395 e. The molecule has 0 saturated heterocycles. The van der Waals surface area contributed by atoms with Crippen molar-refractivity contribution in [1.29, 1.82) is 0 Å². The number of aliphatic hydroxyl groups excluding tert-OH is 1. The Morgan fingerprint density at radius 2 is 1.78 bits per heavy atom. The summed E-state index contributed by atoms with van der Waals surface area (Å²) >= 11 is 0. The maximum absolute atomic E-state index is 13.1. The smallest absolute Gasteiger partial charge is 0.313 e. The van der Waals surface area contributed by atoms with E-state index in [1.54, 1.807) is 5.32 Å². The lowest BCUT2D eigenvalue weighted by Gasteiger charge is -2.07. The molecule has 0 bridgehead atoms. The Hall–Kier alpha value is -2.09. The highest BCUT2D eigenvalue weighted by Crippen LogP contribution is 2.19. The summed E-state index contributed by atoms with van der Waals surface area (Å²) in [5, 5.41) is 12.2. The minimum atomic E-state index is -1.75. The monoisotopic (exact) mass is 262 g/mol. The molecule has 0 radical (unpaired) electrons. The number of anilines is 1. The molecule has 1 rings (SSSR count). The number of hydrogen-bond acceptors (Lipinski definition) is 3. The molecule has 18 heavy (non-hydrogen) atoms. The Morgan fingerprint density at radius 3 is 2.39 bits per heavy atom. The fourth-order valence-electron chi connectivity index (χ4n) is 1.05. The molecule has 98 valence electrons. The molecule has 0 heterocycles. The van der Waals surface area contributed by atoms with Gasteiger partial charge in [0.1, 0.15) is 0 Å². The van der Waals surface area contributed by atoms with Crippen molar-refractivity contribution < 1.29 is 27.9 Å². The molecule has 1 aromatic rings. The lowest BCUT2D eigenvalue weighted by Crippen LogP contribution is -2.37. The summed E-state index contributed by atoms with van der Waals surface area (Å²) in [6, 6.07) is 1.39. The van der Waals surface area contributed by atoms with Crippen LogP contribution in [0.25, 0.3) is 0 Å². The first-order valence-electron chi connectivity index (χ1n) is 4.81. The molecule has 0 fully saturated rings. The second kappa shape index (κ2) is 6.01. The van der Waals surface area contributed by atoms with E-state index in [2.05, 4.69) is 0 Å². The van der Waals surface area contributed by atoms with Crippen molar-refractivity contribution in [3.05, 3.63) is 29.6 Å². The van der Waals surface area contributed by atoms with Crippen molar-refractivity contribution in [2.24, 2.45) is 0 Å². The quantitative estimate of drug-likeness (QED) is 0.536. The Labute approximate surface area is 99.6 Å². The molecule has 5 nitrogen and oxygen atoms in total. The first-order chi connectivity index (χ1) is 8.47. The molecule has 0 unspecified atom stereocenters. The minimum Gasteiger partial charge on any atom is -0.395 e. The van der Waals surface area contributed by atoms with Crippen LogP contribution in [-0.4, -0.2) is 30.1 Å². The second-order valence-electron chi connectivity index (χ2n) is 3.16. The molecule has 2 amide bonds. The number of hydrogen-bond donors (Lipinski definition) is 3. The second-order valence-corrected chi connectivity index (χ2v) is 3.16. The summed E-state index contributed by atoms with van der Waals surface area (Å²) in [6.45, 7) is -0.537. The molecule has 8 heteroatoms. The SMILES string of the molecule is O=C(NCCO)C(=O)Nc1ccc(F)c(F)c1F. The van der Waals surface area contributed by atoms with Gasteiger partial charge in [0.05, 0.1) is 12.3 Å². The molecule has 1 aromatic carbocycles. The highest BCUT2D eigenvalue weighted by atomic mass is 19.2. The van der Waals surface area contributed by atoms with Crippen LogP contribution in [0.1, 0.15) is 0 Å². The van der Waals surface area contributed by atoms with Gasteiger partial charge in [-0.1, -0.05) is 0 Å². The van der Waals surface area contributed by atoms with Crippen LogP contribution in [0.3, 0.4) is 0 Å². The molecule has 0 aliphatic heterocycles. The lowest BCUT2D eigenvalue weighted by atomic mass is 10.2. The molecule has 0 aliphatic carbocycles. The summed E-state index contributed by atoms with van der Waals surface area (Å²) in [4.78, 5) is 22.2.